The van der Waals surface area contributed by atoms with Crippen LogP contribution in [0.5, 0.6) is 0 Å². The highest BCUT2D eigenvalue weighted by molar-refractivity contribution is 8.35. The molecule has 0 bridgehead atoms. The maximum absolute atomic E-state index is 11.9. The molecule has 1 unspecified atom stereocenters. The summed E-state index contributed by atoms with van der Waals surface area (Å²) in [7, 11) is -3.39. The highest BCUT2D eigenvalue weighted by Crippen LogP contribution is 2.40. The van der Waals surface area contributed by atoms with Gasteiger partial charge in [-0.15, -0.1) is 5.10 Å². The number of amides is 1. The Kier molecular flexibility index (Phi) is 3.96. The lowest BCUT2D eigenvalue weighted by molar-refractivity contribution is -0.129. The van der Waals surface area contributed by atoms with Crippen LogP contribution in [0, 0.1) is 0 Å². The molecule has 0 fully saturated rings. The van der Waals surface area contributed by atoms with Crippen molar-refractivity contribution in [3.8, 4) is 0 Å². The predicted octanol–water partition coefficient (Wildman–Crippen LogP) is 1.99. The first-order chi connectivity index (χ1) is 8.95. The van der Waals surface area contributed by atoms with E-state index in [4.69, 9.17) is 0 Å². The fourth-order valence-electron chi connectivity index (χ4n) is 1.63. The molecule has 1 heterocycles. The molecule has 0 radical (unpaired) electrons. The zero-order valence-corrected chi connectivity index (χ0v) is 12.2. The summed E-state index contributed by atoms with van der Waals surface area (Å²) in [6, 6.07) is 9.27. The molecular weight excluding hydrogens is 284 g/mol. The number of benzene rings is 1. The Hall–Kier alpha value is -1.34. The summed E-state index contributed by atoms with van der Waals surface area (Å²) in [5.74, 6) is -0.297. The molecule has 1 amide bonds. The molecule has 0 spiro atoms. The molecule has 1 aromatic rings. The van der Waals surface area contributed by atoms with Crippen LogP contribution in [0.25, 0.3) is 0 Å². The quantitative estimate of drug-likeness (QED) is 0.837. The number of hydrogen-bond acceptors (Lipinski definition) is 5. The molecule has 1 aliphatic heterocycles. The van der Waals surface area contributed by atoms with Crippen molar-refractivity contribution in [2.24, 2.45) is 5.10 Å². The molecule has 0 aliphatic carbocycles. The normalized spacial score (nSPS) is 19.4. The number of thioether (sulfide) groups is 1. The summed E-state index contributed by atoms with van der Waals surface area (Å²) in [6.07, 6.45) is 0. The lowest BCUT2D eigenvalue weighted by atomic mass is 10.2. The molecule has 19 heavy (non-hydrogen) atoms. The summed E-state index contributed by atoms with van der Waals surface area (Å²) < 4.78 is 23.7. The SMILES string of the molecule is CCS(=O)(=O)C1=NN(C(C)=O)C(c2ccccc2)S1. The van der Waals surface area contributed by atoms with Crippen LogP contribution in [0.3, 0.4) is 0 Å². The maximum Gasteiger partial charge on any atom is 0.240 e. The summed E-state index contributed by atoms with van der Waals surface area (Å²) in [5.41, 5.74) is 0.854. The number of carbonyl (C=O) groups excluding carboxylic acids is 1. The van der Waals surface area contributed by atoms with Gasteiger partial charge in [-0.05, 0) is 5.56 Å². The molecule has 0 N–H and O–H groups in total. The minimum absolute atomic E-state index is 0.0130. The summed E-state index contributed by atoms with van der Waals surface area (Å²) in [5, 5.41) is 4.78. The van der Waals surface area contributed by atoms with Crippen LogP contribution in [0.4, 0.5) is 0 Å². The van der Waals surface area contributed by atoms with Gasteiger partial charge in [-0.25, -0.2) is 13.4 Å². The van der Waals surface area contributed by atoms with Gasteiger partial charge in [0.05, 0.1) is 5.75 Å². The van der Waals surface area contributed by atoms with E-state index < -0.39 is 15.2 Å². The van der Waals surface area contributed by atoms with E-state index in [2.05, 4.69) is 5.10 Å². The van der Waals surface area contributed by atoms with Crippen LogP contribution >= 0.6 is 11.8 Å². The number of carbonyl (C=O) groups is 1. The van der Waals surface area contributed by atoms with Crippen molar-refractivity contribution in [2.75, 3.05) is 5.75 Å². The van der Waals surface area contributed by atoms with Crippen molar-refractivity contribution in [3.63, 3.8) is 0 Å². The van der Waals surface area contributed by atoms with E-state index in [1.54, 1.807) is 6.92 Å². The Morgan fingerprint density at radius 3 is 2.53 bits per heavy atom. The predicted molar refractivity (Wildman–Crippen MR) is 76.2 cm³/mol. The molecule has 2 rings (SSSR count). The minimum atomic E-state index is -3.39. The molecule has 0 aromatic heterocycles. The highest BCUT2D eigenvalue weighted by Gasteiger charge is 2.36. The monoisotopic (exact) mass is 298 g/mol. The van der Waals surface area contributed by atoms with Crippen LogP contribution in [-0.2, 0) is 14.6 Å². The largest absolute Gasteiger partial charge is 0.273 e. The van der Waals surface area contributed by atoms with Crippen LogP contribution in [0.2, 0.25) is 0 Å². The van der Waals surface area contributed by atoms with Crippen molar-refractivity contribution in [1.29, 1.82) is 0 Å². The van der Waals surface area contributed by atoms with Gasteiger partial charge in [-0.2, -0.15) is 0 Å². The molecule has 1 aliphatic rings. The number of hydrogen-bond donors (Lipinski definition) is 0. The van der Waals surface area contributed by atoms with Crippen molar-refractivity contribution < 1.29 is 13.2 Å². The fraction of sp³-hybridized carbons (Fsp3) is 0.333. The summed E-state index contributed by atoms with van der Waals surface area (Å²) in [6.45, 7) is 2.94. The minimum Gasteiger partial charge on any atom is -0.273 e. The molecule has 1 aromatic carbocycles. The molecule has 7 heteroatoms. The first-order valence-electron chi connectivity index (χ1n) is 5.78. The zero-order chi connectivity index (χ0) is 14.0. The smallest absolute Gasteiger partial charge is 0.240 e. The Bertz CT molecular complexity index is 611. The summed E-state index contributed by atoms with van der Waals surface area (Å²) in [4.78, 5) is 11.6. The fourth-order valence-corrected chi connectivity index (χ4v) is 4.22. The lowest BCUT2D eigenvalue weighted by Gasteiger charge is -2.18. The first kappa shape index (κ1) is 14.1. The second-order valence-corrected chi connectivity index (χ2v) is 7.53. The molecule has 1 atom stereocenters. The van der Waals surface area contributed by atoms with Gasteiger partial charge in [0.2, 0.25) is 20.1 Å². The van der Waals surface area contributed by atoms with E-state index in [1.807, 2.05) is 30.3 Å². The average Bonchev–Trinajstić information content (AvgIpc) is 2.85. The molecule has 102 valence electrons. The molecule has 0 saturated carbocycles. The van der Waals surface area contributed by atoms with E-state index >= 15 is 0 Å². The Balaban J connectivity index is 2.37. The van der Waals surface area contributed by atoms with E-state index in [0.717, 1.165) is 17.3 Å². The van der Waals surface area contributed by atoms with Crippen LogP contribution in [0.1, 0.15) is 24.8 Å². The average molecular weight is 298 g/mol. The van der Waals surface area contributed by atoms with Crippen molar-refractivity contribution in [3.05, 3.63) is 35.9 Å². The van der Waals surface area contributed by atoms with Gasteiger partial charge in [0.15, 0.2) is 0 Å². The molecule has 5 nitrogen and oxygen atoms in total. The standard InChI is InChI=1S/C12H14N2O3S2/c1-3-19(16,17)12-13-14(9(2)15)11(18-12)10-7-5-4-6-8-10/h4-8,11H,3H2,1-2H3. The van der Waals surface area contributed by atoms with Gasteiger partial charge in [-0.3, -0.25) is 4.79 Å². The Labute approximate surface area is 116 Å². The Morgan fingerprint density at radius 1 is 1.37 bits per heavy atom. The van der Waals surface area contributed by atoms with Crippen molar-refractivity contribution in [2.45, 2.75) is 19.2 Å². The second-order valence-electron chi connectivity index (χ2n) is 4.01. The summed E-state index contributed by atoms with van der Waals surface area (Å²) >= 11 is 1.10. The van der Waals surface area contributed by atoms with Gasteiger partial charge < -0.3 is 0 Å². The first-order valence-corrected chi connectivity index (χ1v) is 8.31. The second kappa shape index (κ2) is 5.34. The van der Waals surface area contributed by atoms with Crippen LogP contribution in [0.15, 0.2) is 35.4 Å². The van der Waals surface area contributed by atoms with Gasteiger partial charge >= 0.3 is 0 Å². The van der Waals surface area contributed by atoms with E-state index in [0.29, 0.717) is 0 Å². The van der Waals surface area contributed by atoms with Gasteiger partial charge in [0.25, 0.3) is 0 Å². The van der Waals surface area contributed by atoms with Crippen molar-refractivity contribution >= 4 is 31.9 Å². The third-order valence-electron chi connectivity index (χ3n) is 2.68. The van der Waals surface area contributed by atoms with Crippen molar-refractivity contribution in [1.82, 2.24) is 5.01 Å². The number of hydrazone groups is 1. The van der Waals surface area contributed by atoms with Crippen LogP contribution in [-0.4, -0.2) is 29.5 Å². The highest BCUT2D eigenvalue weighted by atomic mass is 32.3. The van der Waals surface area contributed by atoms with Gasteiger partial charge in [-0.1, -0.05) is 49.0 Å². The number of sulfone groups is 1. The zero-order valence-electron chi connectivity index (χ0n) is 10.6. The Morgan fingerprint density at radius 2 is 2.00 bits per heavy atom. The van der Waals surface area contributed by atoms with Gasteiger partial charge in [0.1, 0.15) is 5.37 Å². The lowest BCUT2D eigenvalue weighted by Crippen LogP contribution is -2.23. The third kappa shape index (κ3) is 2.82. The van der Waals surface area contributed by atoms with E-state index in [-0.39, 0.29) is 16.0 Å². The number of nitrogens with zero attached hydrogens (tertiary/aromatic N) is 2. The third-order valence-corrected chi connectivity index (χ3v) is 6.08. The maximum atomic E-state index is 11.9. The van der Waals surface area contributed by atoms with E-state index in [1.165, 1.54) is 11.9 Å². The van der Waals surface area contributed by atoms with Crippen LogP contribution < -0.4 is 0 Å². The van der Waals surface area contributed by atoms with E-state index in [9.17, 15) is 13.2 Å². The molecular formula is C12H14N2O3S2. The number of rotatable bonds is 2. The van der Waals surface area contributed by atoms with Gasteiger partial charge in [0, 0.05) is 6.92 Å². The topological polar surface area (TPSA) is 66.8 Å². The molecule has 0 saturated heterocycles.